The van der Waals surface area contributed by atoms with E-state index < -0.39 is 11.4 Å². The average molecular weight is 372 g/mol. The van der Waals surface area contributed by atoms with Crippen LogP contribution in [0.5, 0.6) is 5.75 Å². The lowest BCUT2D eigenvalue weighted by Crippen LogP contribution is -2.08. The molecule has 0 fully saturated rings. The zero-order valence-corrected chi connectivity index (χ0v) is 14.3. The van der Waals surface area contributed by atoms with Crippen molar-refractivity contribution in [3.8, 4) is 28.0 Å². The fourth-order valence-corrected chi connectivity index (χ4v) is 4.27. The van der Waals surface area contributed by atoms with Crippen LogP contribution in [0.1, 0.15) is 0 Å². The number of benzene rings is 2. The second kappa shape index (κ2) is 6.02. The molecule has 2 aromatic carbocycles. The molecule has 3 nitrogen and oxygen atoms in total. The van der Waals surface area contributed by atoms with E-state index in [2.05, 4.69) is 4.98 Å². The highest BCUT2D eigenvalue weighted by molar-refractivity contribution is 7.23. The van der Waals surface area contributed by atoms with Crippen molar-refractivity contribution in [3.05, 3.63) is 75.1 Å². The van der Waals surface area contributed by atoms with Crippen molar-refractivity contribution in [2.75, 3.05) is 0 Å². The highest BCUT2D eigenvalue weighted by Gasteiger charge is 2.22. The Morgan fingerprint density at radius 3 is 2.44 bits per heavy atom. The number of hydrogen-bond donors (Lipinski definition) is 2. The zero-order chi connectivity index (χ0) is 17.6. The van der Waals surface area contributed by atoms with E-state index in [1.54, 1.807) is 36.4 Å². The van der Waals surface area contributed by atoms with Crippen LogP contribution in [0.3, 0.4) is 0 Å². The van der Waals surface area contributed by atoms with E-state index in [4.69, 9.17) is 11.6 Å². The van der Waals surface area contributed by atoms with Crippen LogP contribution < -0.4 is 5.56 Å². The maximum atomic E-state index is 13.6. The number of pyridine rings is 1. The topological polar surface area (TPSA) is 53.1 Å². The minimum atomic E-state index is -0.403. The number of hydrogen-bond acceptors (Lipinski definition) is 3. The molecular formula is C19H11ClFNO2S. The second-order valence-electron chi connectivity index (χ2n) is 5.51. The van der Waals surface area contributed by atoms with Crippen molar-refractivity contribution in [1.29, 1.82) is 0 Å². The summed E-state index contributed by atoms with van der Waals surface area (Å²) in [5, 5.41) is 11.3. The second-order valence-corrected chi connectivity index (χ2v) is 7.13. The Labute approximate surface area is 151 Å². The number of thiophene rings is 1. The Morgan fingerprint density at radius 1 is 1.00 bits per heavy atom. The predicted molar refractivity (Wildman–Crippen MR) is 100.0 cm³/mol. The molecule has 2 heterocycles. The van der Waals surface area contributed by atoms with Crippen molar-refractivity contribution < 1.29 is 9.50 Å². The first-order chi connectivity index (χ1) is 12.1. The van der Waals surface area contributed by atoms with Crippen LogP contribution in [-0.2, 0) is 0 Å². The van der Waals surface area contributed by atoms with Crippen molar-refractivity contribution >= 4 is 33.2 Å². The molecule has 4 rings (SSSR count). The minimum Gasteiger partial charge on any atom is -0.506 e. The zero-order valence-electron chi connectivity index (χ0n) is 12.7. The molecule has 25 heavy (non-hydrogen) atoms. The van der Waals surface area contributed by atoms with Gasteiger partial charge in [0, 0.05) is 5.56 Å². The highest BCUT2D eigenvalue weighted by Crippen LogP contribution is 2.46. The smallest absolute Gasteiger partial charge is 0.260 e. The van der Waals surface area contributed by atoms with Gasteiger partial charge in [0.2, 0.25) is 0 Å². The molecule has 0 bridgehead atoms. The number of H-pyrrole nitrogens is 1. The lowest BCUT2D eigenvalue weighted by Gasteiger charge is -2.08. The van der Waals surface area contributed by atoms with Gasteiger partial charge < -0.3 is 10.1 Å². The van der Waals surface area contributed by atoms with Crippen molar-refractivity contribution in [2.45, 2.75) is 0 Å². The van der Waals surface area contributed by atoms with Crippen LogP contribution >= 0.6 is 22.9 Å². The van der Waals surface area contributed by atoms with Crippen LogP contribution in [-0.4, -0.2) is 10.1 Å². The third-order valence-electron chi connectivity index (χ3n) is 3.97. The molecule has 0 aliphatic rings. The van der Waals surface area contributed by atoms with Crippen LogP contribution in [0, 0.1) is 5.82 Å². The number of fused-ring (bicyclic) bond motifs is 1. The van der Waals surface area contributed by atoms with Gasteiger partial charge in [0.1, 0.15) is 20.7 Å². The number of nitrogens with one attached hydrogen (secondary N) is 1. The van der Waals surface area contributed by atoms with Crippen molar-refractivity contribution in [2.24, 2.45) is 0 Å². The summed E-state index contributed by atoms with van der Waals surface area (Å²) in [4.78, 5) is 15.7. The summed E-state index contributed by atoms with van der Waals surface area (Å²) in [6.45, 7) is 0. The molecular weight excluding hydrogens is 361 g/mol. The van der Waals surface area contributed by atoms with Gasteiger partial charge in [-0.1, -0.05) is 54.1 Å². The SMILES string of the molecule is O=c1[nH]c2sc(Cl)c(-c3cccc(F)c3)c2c(O)c1-c1ccccc1. The summed E-state index contributed by atoms with van der Waals surface area (Å²) in [5.74, 6) is -0.563. The van der Waals surface area contributed by atoms with E-state index in [0.717, 1.165) is 11.3 Å². The number of halogens is 2. The summed E-state index contributed by atoms with van der Waals surface area (Å²) in [5.41, 5.74) is 1.40. The molecule has 0 amide bonds. The number of rotatable bonds is 2. The molecule has 0 aliphatic heterocycles. The third-order valence-corrected chi connectivity index (χ3v) is 5.28. The Morgan fingerprint density at radius 2 is 1.72 bits per heavy atom. The first kappa shape index (κ1) is 15.9. The van der Waals surface area contributed by atoms with E-state index in [-0.39, 0.29) is 11.3 Å². The van der Waals surface area contributed by atoms with Gasteiger partial charge in [-0.15, -0.1) is 11.3 Å². The summed E-state index contributed by atoms with van der Waals surface area (Å²) in [6.07, 6.45) is 0. The van der Waals surface area contributed by atoms with Gasteiger partial charge in [-0.3, -0.25) is 4.79 Å². The monoisotopic (exact) mass is 371 g/mol. The highest BCUT2D eigenvalue weighted by atomic mass is 35.5. The van der Waals surface area contributed by atoms with Crippen LogP contribution in [0.4, 0.5) is 4.39 Å². The first-order valence-corrected chi connectivity index (χ1v) is 8.64. The predicted octanol–water partition coefficient (Wildman–Crippen LogP) is 5.42. The van der Waals surface area contributed by atoms with Gasteiger partial charge >= 0.3 is 0 Å². The number of aromatic nitrogens is 1. The Hall–Kier alpha value is -2.63. The van der Waals surface area contributed by atoms with Crippen molar-refractivity contribution in [3.63, 3.8) is 0 Å². The summed E-state index contributed by atoms with van der Waals surface area (Å²) < 4.78 is 14.0. The average Bonchev–Trinajstić information content (AvgIpc) is 2.92. The molecule has 2 N–H and O–H groups in total. The molecule has 0 atom stereocenters. The molecule has 0 spiro atoms. The van der Waals surface area contributed by atoms with Gasteiger partial charge in [0.05, 0.1) is 10.9 Å². The summed E-state index contributed by atoms with van der Waals surface area (Å²) >= 11 is 7.48. The fraction of sp³-hybridized carbons (Fsp3) is 0. The number of aromatic amines is 1. The van der Waals surface area contributed by atoms with E-state index in [1.807, 2.05) is 6.07 Å². The third kappa shape index (κ3) is 2.62. The van der Waals surface area contributed by atoms with E-state index in [9.17, 15) is 14.3 Å². The van der Waals surface area contributed by atoms with E-state index in [0.29, 0.717) is 31.2 Å². The van der Waals surface area contributed by atoms with E-state index in [1.165, 1.54) is 12.1 Å². The summed E-state index contributed by atoms with van der Waals surface area (Å²) in [7, 11) is 0. The normalized spacial score (nSPS) is 11.1. The molecule has 4 aromatic rings. The molecule has 0 saturated heterocycles. The van der Waals surface area contributed by atoms with Crippen LogP contribution in [0.2, 0.25) is 4.34 Å². The van der Waals surface area contributed by atoms with Gasteiger partial charge in [-0.05, 0) is 23.3 Å². The standard InChI is InChI=1S/C19H11ClFNO2S/c20-17-13(11-7-4-8-12(21)9-11)15-16(23)14(10-5-2-1-3-6-10)18(24)22-19(15)25-17/h1-9H,(H2,22,23,24). The summed E-state index contributed by atoms with van der Waals surface area (Å²) in [6, 6.07) is 14.8. The number of aromatic hydroxyl groups is 1. The minimum absolute atomic E-state index is 0.160. The van der Waals surface area contributed by atoms with Gasteiger partial charge in [-0.2, -0.15) is 0 Å². The fourth-order valence-electron chi connectivity index (χ4n) is 2.89. The molecule has 0 aliphatic carbocycles. The maximum Gasteiger partial charge on any atom is 0.260 e. The molecule has 124 valence electrons. The molecule has 2 aromatic heterocycles. The first-order valence-electron chi connectivity index (χ1n) is 7.45. The molecule has 0 radical (unpaired) electrons. The van der Waals surface area contributed by atoms with Gasteiger partial charge in [-0.25, -0.2) is 4.39 Å². The van der Waals surface area contributed by atoms with E-state index >= 15 is 0 Å². The van der Waals surface area contributed by atoms with Crippen LogP contribution in [0.25, 0.3) is 32.5 Å². The molecule has 6 heteroatoms. The maximum absolute atomic E-state index is 13.6. The Bertz CT molecular complexity index is 1150. The molecule has 0 saturated carbocycles. The molecule has 0 unspecified atom stereocenters. The Kier molecular flexibility index (Phi) is 3.82. The van der Waals surface area contributed by atoms with Gasteiger partial charge in [0.15, 0.2) is 0 Å². The van der Waals surface area contributed by atoms with Crippen LogP contribution in [0.15, 0.2) is 59.4 Å². The van der Waals surface area contributed by atoms with Gasteiger partial charge in [0.25, 0.3) is 5.56 Å². The Balaban J connectivity index is 2.10. The lowest BCUT2D eigenvalue weighted by atomic mass is 10.0. The largest absolute Gasteiger partial charge is 0.506 e. The van der Waals surface area contributed by atoms with Crippen molar-refractivity contribution in [1.82, 2.24) is 4.98 Å². The quantitative estimate of drug-likeness (QED) is 0.494. The lowest BCUT2D eigenvalue weighted by molar-refractivity contribution is 0.483.